The maximum absolute atomic E-state index is 13.6. The van der Waals surface area contributed by atoms with Crippen molar-refractivity contribution in [2.75, 3.05) is 31.0 Å². The number of hydrogen-bond acceptors (Lipinski definition) is 5. The summed E-state index contributed by atoms with van der Waals surface area (Å²) in [6.45, 7) is 9.31. The number of furan rings is 1. The zero-order chi connectivity index (χ0) is 23.0. The van der Waals surface area contributed by atoms with Crippen molar-refractivity contribution in [3.8, 4) is 0 Å². The van der Waals surface area contributed by atoms with Crippen molar-refractivity contribution in [2.24, 2.45) is 0 Å². The number of para-hydroxylation sites is 1. The van der Waals surface area contributed by atoms with E-state index in [1.165, 1.54) is 0 Å². The van der Waals surface area contributed by atoms with E-state index >= 15 is 0 Å². The summed E-state index contributed by atoms with van der Waals surface area (Å²) in [5.74, 6) is -0.0674. The molecule has 4 rings (SSSR count). The van der Waals surface area contributed by atoms with Gasteiger partial charge in [-0.2, -0.15) is 0 Å². The first-order valence-corrected chi connectivity index (χ1v) is 12.2. The number of hydrogen-bond donors (Lipinski definition) is 1. The third-order valence-electron chi connectivity index (χ3n) is 6.10. The Morgan fingerprint density at radius 1 is 1.09 bits per heavy atom. The molecule has 2 aromatic carbocycles. The Balaban J connectivity index is 1.85. The summed E-state index contributed by atoms with van der Waals surface area (Å²) in [6.07, 6.45) is 0.693. The number of nitrogens with one attached hydrogen (secondary N) is 1. The van der Waals surface area contributed by atoms with Gasteiger partial charge >= 0.3 is 0 Å². The monoisotopic (exact) mass is 456 g/mol. The zero-order valence-electron chi connectivity index (χ0n) is 18.8. The number of anilines is 1. The number of morpholine rings is 1. The van der Waals surface area contributed by atoms with Gasteiger partial charge in [-0.05, 0) is 56.0 Å². The van der Waals surface area contributed by atoms with Crippen LogP contribution in [0.5, 0.6) is 0 Å². The lowest BCUT2D eigenvalue weighted by Gasteiger charge is -2.26. The second-order valence-electron chi connectivity index (χ2n) is 8.10. The number of ether oxygens (including phenoxy) is 1. The number of carbonyl (C=O) groups is 1. The fourth-order valence-corrected chi connectivity index (χ4v) is 5.65. The Morgan fingerprint density at radius 2 is 1.78 bits per heavy atom. The third kappa shape index (κ3) is 3.89. The molecule has 1 aliphatic rings. The Bertz CT molecular complexity index is 1290. The first-order chi connectivity index (χ1) is 15.2. The van der Waals surface area contributed by atoms with Gasteiger partial charge in [0, 0.05) is 24.0 Å². The van der Waals surface area contributed by atoms with Gasteiger partial charge < -0.3 is 14.1 Å². The van der Waals surface area contributed by atoms with E-state index in [0.29, 0.717) is 54.9 Å². The predicted molar refractivity (Wildman–Crippen MR) is 124 cm³/mol. The second-order valence-corrected chi connectivity index (χ2v) is 9.72. The highest BCUT2D eigenvalue weighted by Crippen LogP contribution is 2.36. The van der Waals surface area contributed by atoms with E-state index in [-0.39, 0.29) is 22.1 Å². The molecule has 0 bridgehead atoms. The Hall–Kier alpha value is -2.84. The number of sulfonamides is 1. The number of rotatable bonds is 5. The molecular formula is C24H28N2O5S. The van der Waals surface area contributed by atoms with Crippen molar-refractivity contribution in [2.45, 2.75) is 39.0 Å². The summed E-state index contributed by atoms with van der Waals surface area (Å²) in [5, 5.41) is 0.633. The van der Waals surface area contributed by atoms with E-state index in [1.807, 2.05) is 32.0 Å². The van der Waals surface area contributed by atoms with Gasteiger partial charge in [-0.1, -0.05) is 25.1 Å². The molecule has 7 nitrogen and oxygen atoms in total. The summed E-state index contributed by atoms with van der Waals surface area (Å²) >= 11 is 0. The molecule has 170 valence electrons. The van der Waals surface area contributed by atoms with Gasteiger partial charge in [-0.3, -0.25) is 9.52 Å². The number of carbonyl (C=O) groups excluding carboxylic acids is 1. The fourth-order valence-electron chi connectivity index (χ4n) is 4.10. The van der Waals surface area contributed by atoms with Crippen LogP contribution in [0.1, 0.15) is 39.7 Å². The molecule has 3 aromatic rings. The average Bonchev–Trinajstić information content (AvgIpc) is 3.10. The average molecular weight is 457 g/mol. The molecule has 1 amide bonds. The summed E-state index contributed by atoms with van der Waals surface area (Å²) in [6, 6.07) is 9.21. The zero-order valence-corrected chi connectivity index (χ0v) is 19.6. The standard InChI is InChI=1S/C24H28N2O5S/c1-5-18-8-6-7-9-20(18)25-32(28,29)23-16(3)15(2)14-19-17(4)21(31-22(19)23)24(27)26-10-12-30-13-11-26/h6-9,14,25H,5,10-13H2,1-4H3. The molecule has 1 saturated heterocycles. The predicted octanol–water partition coefficient (Wildman–Crippen LogP) is 4.19. The van der Waals surface area contributed by atoms with Crippen LogP contribution in [-0.2, 0) is 21.2 Å². The Kier molecular flexibility index (Phi) is 6.01. The molecule has 0 aliphatic carbocycles. The molecule has 8 heteroatoms. The minimum atomic E-state index is -3.97. The van der Waals surface area contributed by atoms with Crippen LogP contribution in [0.4, 0.5) is 5.69 Å². The van der Waals surface area contributed by atoms with Crippen LogP contribution in [0.25, 0.3) is 11.0 Å². The number of nitrogens with zero attached hydrogens (tertiary/aromatic N) is 1. The molecule has 1 N–H and O–H groups in total. The molecule has 1 aliphatic heterocycles. The van der Waals surface area contributed by atoms with Gasteiger partial charge in [0.2, 0.25) is 0 Å². The van der Waals surface area contributed by atoms with Gasteiger partial charge in [-0.25, -0.2) is 8.42 Å². The van der Waals surface area contributed by atoms with E-state index in [1.54, 1.807) is 30.9 Å². The lowest BCUT2D eigenvalue weighted by atomic mass is 10.0. The molecule has 0 spiro atoms. The minimum Gasteiger partial charge on any atom is -0.449 e. The lowest BCUT2D eigenvalue weighted by Crippen LogP contribution is -2.40. The number of aryl methyl sites for hydroxylation is 3. The second kappa shape index (κ2) is 8.60. The largest absolute Gasteiger partial charge is 0.449 e. The van der Waals surface area contributed by atoms with Gasteiger partial charge in [0.1, 0.15) is 4.90 Å². The molecule has 0 unspecified atom stereocenters. The highest BCUT2D eigenvalue weighted by molar-refractivity contribution is 7.93. The van der Waals surface area contributed by atoms with Crippen molar-refractivity contribution in [1.82, 2.24) is 4.90 Å². The van der Waals surface area contributed by atoms with Gasteiger partial charge in [0.15, 0.2) is 11.3 Å². The van der Waals surface area contributed by atoms with E-state index in [0.717, 1.165) is 11.1 Å². The lowest BCUT2D eigenvalue weighted by molar-refractivity contribution is 0.0283. The Morgan fingerprint density at radius 3 is 2.47 bits per heavy atom. The molecular weight excluding hydrogens is 428 g/mol. The molecule has 0 atom stereocenters. The van der Waals surface area contributed by atoms with Crippen LogP contribution in [0, 0.1) is 20.8 Å². The number of amides is 1. The first-order valence-electron chi connectivity index (χ1n) is 10.8. The SMILES string of the molecule is CCc1ccccc1NS(=O)(=O)c1c(C)c(C)cc2c(C)c(C(=O)N3CCOCC3)oc12. The third-order valence-corrected chi connectivity index (χ3v) is 7.61. The van der Waals surface area contributed by atoms with Crippen molar-refractivity contribution in [1.29, 1.82) is 0 Å². The van der Waals surface area contributed by atoms with Crippen LogP contribution < -0.4 is 4.72 Å². The highest BCUT2D eigenvalue weighted by atomic mass is 32.2. The van der Waals surface area contributed by atoms with Crippen LogP contribution in [0.3, 0.4) is 0 Å². The van der Waals surface area contributed by atoms with Gasteiger partial charge in [0.25, 0.3) is 15.9 Å². The fraction of sp³-hybridized carbons (Fsp3) is 0.375. The molecule has 0 radical (unpaired) electrons. The molecule has 1 aromatic heterocycles. The van der Waals surface area contributed by atoms with Crippen LogP contribution >= 0.6 is 0 Å². The topological polar surface area (TPSA) is 88.9 Å². The van der Waals surface area contributed by atoms with Crippen molar-refractivity contribution in [3.63, 3.8) is 0 Å². The minimum absolute atomic E-state index is 0.0718. The number of benzene rings is 2. The van der Waals surface area contributed by atoms with Crippen molar-refractivity contribution < 1.29 is 22.4 Å². The maximum Gasteiger partial charge on any atom is 0.290 e. The van der Waals surface area contributed by atoms with Crippen LogP contribution in [0.15, 0.2) is 39.6 Å². The summed E-state index contributed by atoms with van der Waals surface area (Å²) in [7, 11) is -3.97. The van der Waals surface area contributed by atoms with Crippen molar-refractivity contribution in [3.05, 3.63) is 58.3 Å². The maximum atomic E-state index is 13.6. The van der Waals surface area contributed by atoms with E-state index in [2.05, 4.69) is 4.72 Å². The van der Waals surface area contributed by atoms with Crippen molar-refractivity contribution >= 4 is 32.6 Å². The highest BCUT2D eigenvalue weighted by Gasteiger charge is 2.30. The normalized spacial score (nSPS) is 14.7. The van der Waals surface area contributed by atoms with Crippen LogP contribution in [-0.4, -0.2) is 45.5 Å². The smallest absolute Gasteiger partial charge is 0.290 e. The summed E-state index contributed by atoms with van der Waals surface area (Å²) < 4.78 is 41.2. The van der Waals surface area contributed by atoms with Gasteiger partial charge in [-0.15, -0.1) is 0 Å². The van der Waals surface area contributed by atoms with Gasteiger partial charge in [0.05, 0.1) is 18.9 Å². The van der Waals surface area contributed by atoms with E-state index < -0.39 is 10.0 Å². The molecule has 32 heavy (non-hydrogen) atoms. The van der Waals surface area contributed by atoms with E-state index in [9.17, 15) is 13.2 Å². The summed E-state index contributed by atoms with van der Waals surface area (Å²) in [5.41, 5.74) is 3.70. The first kappa shape index (κ1) is 22.4. The molecule has 2 heterocycles. The van der Waals surface area contributed by atoms with Crippen LogP contribution in [0.2, 0.25) is 0 Å². The quantitative estimate of drug-likeness (QED) is 0.622. The number of fused-ring (bicyclic) bond motifs is 1. The molecule has 0 saturated carbocycles. The summed E-state index contributed by atoms with van der Waals surface area (Å²) in [4.78, 5) is 14.9. The Labute approximate surface area is 188 Å². The molecule has 1 fully saturated rings. The van der Waals surface area contributed by atoms with E-state index in [4.69, 9.17) is 9.15 Å².